The van der Waals surface area contributed by atoms with Crippen LogP contribution in [-0.2, 0) is 0 Å². The van der Waals surface area contributed by atoms with Gasteiger partial charge in [0.2, 0.25) is 0 Å². The Morgan fingerprint density at radius 2 is 1.52 bits per heavy atom. The van der Waals surface area contributed by atoms with E-state index in [-0.39, 0.29) is 24.0 Å². The molecule has 2 N–H and O–H groups in total. The number of likely N-dealkylation sites (tertiary alicyclic amines) is 1. The van der Waals surface area contributed by atoms with Crippen molar-refractivity contribution in [3.63, 3.8) is 0 Å². The molecule has 2 heterocycles. The second kappa shape index (κ2) is 14.8. The SMILES string of the molecule is CCNC(=NCCCN1CCC(C)CC1)NCCN1CCN(CC)CC1.I. The summed E-state index contributed by atoms with van der Waals surface area (Å²) < 4.78 is 0. The van der Waals surface area contributed by atoms with Crippen molar-refractivity contribution >= 4 is 29.9 Å². The van der Waals surface area contributed by atoms with Gasteiger partial charge in [0.15, 0.2) is 5.96 Å². The Kier molecular flexibility index (Phi) is 13.7. The number of likely N-dealkylation sites (N-methyl/N-ethyl adjacent to an activating group) is 1. The van der Waals surface area contributed by atoms with Crippen molar-refractivity contribution in [1.82, 2.24) is 25.3 Å². The van der Waals surface area contributed by atoms with Gasteiger partial charge in [0.25, 0.3) is 0 Å². The molecule has 2 fully saturated rings. The lowest BCUT2D eigenvalue weighted by Gasteiger charge is -2.34. The zero-order valence-electron chi connectivity index (χ0n) is 17.9. The van der Waals surface area contributed by atoms with E-state index >= 15 is 0 Å². The van der Waals surface area contributed by atoms with Gasteiger partial charge in [-0.3, -0.25) is 9.89 Å². The molecule has 0 amide bonds. The topological polar surface area (TPSA) is 46.1 Å². The molecule has 0 aliphatic carbocycles. The zero-order valence-corrected chi connectivity index (χ0v) is 20.2. The monoisotopic (exact) mass is 494 g/mol. The summed E-state index contributed by atoms with van der Waals surface area (Å²) in [7, 11) is 0. The average Bonchev–Trinajstić information content (AvgIpc) is 2.67. The summed E-state index contributed by atoms with van der Waals surface area (Å²) >= 11 is 0. The van der Waals surface area contributed by atoms with Crippen molar-refractivity contribution < 1.29 is 0 Å². The number of piperazine rings is 1. The van der Waals surface area contributed by atoms with E-state index in [4.69, 9.17) is 4.99 Å². The fraction of sp³-hybridized carbons (Fsp3) is 0.950. The Hall–Kier alpha value is -0.120. The molecule has 2 aliphatic rings. The maximum Gasteiger partial charge on any atom is 0.191 e. The third-order valence-electron chi connectivity index (χ3n) is 5.76. The van der Waals surface area contributed by atoms with Crippen molar-refractivity contribution in [3.8, 4) is 0 Å². The minimum absolute atomic E-state index is 0. The van der Waals surface area contributed by atoms with Gasteiger partial charge in [-0.05, 0) is 58.3 Å². The van der Waals surface area contributed by atoms with E-state index in [1.54, 1.807) is 0 Å². The van der Waals surface area contributed by atoms with Crippen LogP contribution in [0.3, 0.4) is 0 Å². The van der Waals surface area contributed by atoms with E-state index in [1.807, 2.05) is 0 Å². The van der Waals surface area contributed by atoms with Crippen LogP contribution in [0.5, 0.6) is 0 Å². The van der Waals surface area contributed by atoms with E-state index in [2.05, 4.69) is 46.1 Å². The second-order valence-corrected chi connectivity index (χ2v) is 7.84. The Labute approximate surface area is 184 Å². The fourth-order valence-corrected chi connectivity index (χ4v) is 3.77. The molecule has 0 spiro atoms. The number of nitrogens with one attached hydrogen (secondary N) is 2. The number of nitrogens with zero attached hydrogens (tertiary/aromatic N) is 4. The molecule has 7 heteroatoms. The largest absolute Gasteiger partial charge is 0.357 e. The van der Waals surface area contributed by atoms with E-state index in [0.717, 1.165) is 44.5 Å². The van der Waals surface area contributed by atoms with E-state index in [1.165, 1.54) is 65.2 Å². The quantitative estimate of drug-likeness (QED) is 0.222. The number of hydrogen-bond acceptors (Lipinski definition) is 4. The smallest absolute Gasteiger partial charge is 0.191 e. The minimum Gasteiger partial charge on any atom is -0.357 e. The predicted octanol–water partition coefficient (Wildman–Crippen LogP) is 1.92. The van der Waals surface area contributed by atoms with Gasteiger partial charge in [-0.25, -0.2) is 0 Å². The molecule has 27 heavy (non-hydrogen) atoms. The van der Waals surface area contributed by atoms with Crippen molar-refractivity contribution in [1.29, 1.82) is 0 Å². The summed E-state index contributed by atoms with van der Waals surface area (Å²) in [5.41, 5.74) is 0. The lowest BCUT2D eigenvalue weighted by Crippen LogP contribution is -2.49. The van der Waals surface area contributed by atoms with Crippen LogP contribution in [-0.4, -0.2) is 99.2 Å². The van der Waals surface area contributed by atoms with Crippen LogP contribution in [0.15, 0.2) is 4.99 Å². The number of rotatable bonds is 9. The molecular weight excluding hydrogens is 451 g/mol. The lowest BCUT2D eigenvalue weighted by atomic mass is 9.99. The normalized spacial score (nSPS) is 21.1. The van der Waals surface area contributed by atoms with Crippen LogP contribution >= 0.6 is 24.0 Å². The summed E-state index contributed by atoms with van der Waals surface area (Å²) in [5.74, 6) is 1.89. The van der Waals surface area contributed by atoms with Gasteiger partial charge in [-0.2, -0.15) is 0 Å². The van der Waals surface area contributed by atoms with Crippen LogP contribution < -0.4 is 10.6 Å². The molecule has 2 rings (SSSR count). The number of piperidine rings is 1. The summed E-state index contributed by atoms with van der Waals surface area (Å²) in [5, 5.41) is 6.89. The molecule has 2 saturated heterocycles. The highest BCUT2D eigenvalue weighted by atomic mass is 127. The minimum atomic E-state index is 0. The van der Waals surface area contributed by atoms with Gasteiger partial charge >= 0.3 is 0 Å². The van der Waals surface area contributed by atoms with Gasteiger partial charge in [0.05, 0.1) is 0 Å². The molecule has 0 saturated carbocycles. The first kappa shape index (κ1) is 24.9. The molecule has 0 aromatic carbocycles. The Morgan fingerprint density at radius 1 is 0.889 bits per heavy atom. The summed E-state index contributed by atoms with van der Waals surface area (Å²) in [6.07, 6.45) is 3.88. The first-order chi connectivity index (χ1) is 12.7. The van der Waals surface area contributed by atoms with E-state index < -0.39 is 0 Å². The maximum absolute atomic E-state index is 4.76. The van der Waals surface area contributed by atoms with Crippen LogP contribution in [0.25, 0.3) is 0 Å². The van der Waals surface area contributed by atoms with Gasteiger partial charge in [0.1, 0.15) is 0 Å². The summed E-state index contributed by atoms with van der Waals surface area (Å²) in [4.78, 5) is 12.4. The van der Waals surface area contributed by atoms with Crippen LogP contribution in [0.1, 0.15) is 40.0 Å². The molecule has 160 valence electrons. The average molecular weight is 495 g/mol. The molecule has 0 radical (unpaired) electrons. The highest BCUT2D eigenvalue weighted by molar-refractivity contribution is 14.0. The highest BCUT2D eigenvalue weighted by Crippen LogP contribution is 2.15. The van der Waals surface area contributed by atoms with Gasteiger partial charge in [-0.15, -0.1) is 24.0 Å². The number of hydrogen-bond donors (Lipinski definition) is 2. The van der Waals surface area contributed by atoms with Gasteiger partial charge < -0.3 is 20.4 Å². The van der Waals surface area contributed by atoms with Crippen molar-refractivity contribution in [2.24, 2.45) is 10.9 Å². The molecule has 0 aromatic rings. The zero-order chi connectivity index (χ0) is 18.6. The molecule has 0 aromatic heterocycles. The molecule has 0 bridgehead atoms. The standard InChI is InChI=1S/C20H42N6.HI/c1-4-21-20(22-9-6-11-25-12-7-19(3)8-13-25)23-10-14-26-17-15-24(5-2)16-18-26;/h19H,4-18H2,1-3H3,(H2,21,22,23);1H. The Balaban J connectivity index is 0.00000364. The number of aliphatic imine (C=N–C) groups is 1. The van der Waals surface area contributed by atoms with Crippen molar-refractivity contribution in [2.45, 2.75) is 40.0 Å². The predicted molar refractivity (Wildman–Crippen MR) is 127 cm³/mol. The highest BCUT2D eigenvalue weighted by Gasteiger charge is 2.15. The summed E-state index contributed by atoms with van der Waals surface area (Å²) in [6, 6.07) is 0. The van der Waals surface area contributed by atoms with Crippen LogP contribution in [0, 0.1) is 5.92 Å². The molecule has 0 atom stereocenters. The van der Waals surface area contributed by atoms with E-state index in [0.29, 0.717) is 0 Å². The van der Waals surface area contributed by atoms with Crippen LogP contribution in [0.4, 0.5) is 0 Å². The first-order valence-electron chi connectivity index (χ1n) is 10.9. The second-order valence-electron chi connectivity index (χ2n) is 7.84. The lowest BCUT2D eigenvalue weighted by molar-refractivity contribution is 0.139. The fourth-order valence-electron chi connectivity index (χ4n) is 3.77. The van der Waals surface area contributed by atoms with Gasteiger partial charge in [-0.1, -0.05) is 13.8 Å². The number of halogens is 1. The van der Waals surface area contributed by atoms with Crippen molar-refractivity contribution in [2.75, 3.05) is 78.5 Å². The van der Waals surface area contributed by atoms with Gasteiger partial charge in [0, 0.05) is 52.4 Å². The molecule has 0 unspecified atom stereocenters. The maximum atomic E-state index is 4.76. The third kappa shape index (κ3) is 10.3. The summed E-state index contributed by atoms with van der Waals surface area (Å²) in [6.45, 7) is 20.4. The van der Waals surface area contributed by atoms with Crippen LogP contribution in [0.2, 0.25) is 0 Å². The number of guanidine groups is 1. The van der Waals surface area contributed by atoms with E-state index in [9.17, 15) is 0 Å². The molecule has 2 aliphatic heterocycles. The molecule has 6 nitrogen and oxygen atoms in total. The first-order valence-corrected chi connectivity index (χ1v) is 10.9. The Morgan fingerprint density at radius 3 is 2.15 bits per heavy atom. The molecular formula is C20H43IN6. The Bertz CT molecular complexity index is 390. The van der Waals surface area contributed by atoms with Crippen molar-refractivity contribution in [3.05, 3.63) is 0 Å². The third-order valence-corrected chi connectivity index (χ3v) is 5.76.